The number of rotatable bonds is 8. The van der Waals surface area contributed by atoms with Crippen molar-refractivity contribution in [1.82, 2.24) is 33.2 Å². The lowest BCUT2D eigenvalue weighted by Gasteiger charge is -2.22. The van der Waals surface area contributed by atoms with Gasteiger partial charge < -0.3 is 18.3 Å². The van der Waals surface area contributed by atoms with Gasteiger partial charge in [0.05, 0.1) is 67.1 Å². The minimum absolute atomic E-state index is 0.478. The molecule has 0 spiro atoms. The average molecular weight is 1070 g/mol. The van der Waals surface area contributed by atoms with Gasteiger partial charge in [-0.3, -0.25) is 0 Å². The Balaban J connectivity index is 0.970. The molecule has 17 rings (SSSR count). The van der Waals surface area contributed by atoms with Gasteiger partial charge in [0.1, 0.15) is 0 Å². The molecule has 0 aliphatic heterocycles. The molecule has 0 aliphatic rings. The zero-order valence-electron chi connectivity index (χ0n) is 45.1. The molecular weight excluding hydrogens is 1020 g/mol. The molecule has 8 heteroatoms. The maximum absolute atomic E-state index is 11.7. The molecule has 0 saturated heterocycles. The molecule has 0 fully saturated rings. The number of nitrogens with zero attached hydrogens (tertiary/aromatic N) is 8. The fourth-order valence-electron chi connectivity index (χ4n) is 13.3. The number of para-hydroxylation sites is 6. The molecule has 84 heavy (non-hydrogen) atoms. The molecule has 8 nitrogen and oxygen atoms in total. The minimum Gasteiger partial charge on any atom is -0.309 e. The summed E-state index contributed by atoms with van der Waals surface area (Å²) in [7, 11) is 0. The van der Waals surface area contributed by atoms with Crippen LogP contribution in [0.4, 0.5) is 0 Å². The van der Waals surface area contributed by atoms with Gasteiger partial charge in [0.25, 0.3) is 0 Å². The van der Waals surface area contributed by atoms with E-state index in [1.807, 2.05) is 72.8 Å². The van der Waals surface area contributed by atoms with Crippen LogP contribution < -0.4 is 0 Å². The summed E-state index contributed by atoms with van der Waals surface area (Å²) in [6.45, 7) is 0. The lowest BCUT2D eigenvalue weighted by molar-refractivity contribution is 1.07. The number of hydrogen-bond acceptors (Lipinski definition) is 4. The van der Waals surface area contributed by atoms with Gasteiger partial charge in [-0.05, 0) is 91.0 Å². The zero-order chi connectivity index (χ0) is 55.4. The van der Waals surface area contributed by atoms with Gasteiger partial charge in [-0.1, -0.05) is 188 Å². The highest BCUT2D eigenvalue weighted by Gasteiger charge is 2.28. The fourth-order valence-corrected chi connectivity index (χ4v) is 13.3. The summed E-state index contributed by atoms with van der Waals surface area (Å²) in [4.78, 5) is 16.0. The number of hydrogen-bond donors (Lipinski definition) is 0. The minimum atomic E-state index is 0.478. The molecule has 0 aliphatic carbocycles. The van der Waals surface area contributed by atoms with E-state index in [4.69, 9.17) is 15.0 Å². The molecule has 12 aromatic carbocycles. The van der Waals surface area contributed by atoms with Gasteiger partial charge in [0, 0.05) is 82.3 Å². The highest BCUT2D eigenvalue weighted by molar-refractivity contribution is 6.15. The summed E-state index contributed by atoms with van der Waals surface area (Å²) < 4.78 is 9.47. The van der Waals surface area contributed by atoms with E-state index in [1.165, 1.54) is 21.5 Å². The van der Waals surface area contributed by atoms with Crippen molar-refractivity contribution in [3.05, 3.63) is 285 Å². The molecule has 390 valence electrons. The summed E-state index contributed by atoms with van der Waals surface area (Å²) in [5, 5.41) is 20.9. The summed E-state index contributed by atoms with van der Waals surface area (Å²) in [5.41, 5.74) is 17.0. The van der Waals surface area contributed by atoms with E-state index in [2.05, 4.69) is 231 Å². The first-order chi connectivity index (χ1) is 41.7. The zero-order valence-corrected chi connectivity index (χ0v) is 45.1. The van der Waals surface area contributed by atoms with Gasteiger partial charge in [-0.15, -0.1) is 0 Å². The standard InChI is InChI=1S/C76H46N8/c77-47-50-25-19-39-70(83-66-37-17-11-30-57(66)60-45-51(41-43-68(60)83)81-62-33-13-7-26-53(62)54-27-8-14-34-63(54)81)72(50)73-59(76-79-74(48-21-3-1-4-22-48)78-75(80-76)49-23-5-2-6-24-49)32-20-40-71(73)84-67-38-18-12-31-58(67)61-46-52(42-44-69(61)84)82-64-35-15-9-28-55(64)56-29-10-16-36-65(56)82/h1-46H. The van der Waals surface area contributed by atoms with Crippen LogP contribution in [0.5, 0.6) is 0 Å². The van der Waals surface area contributed by atoms with Crippen LogP contribution in [0, 0.1) is 11.3 Å². The van der Waals surface area contributed by atoms with Gasteiger partial charge in [0.2, 0.25) is 0 Å². The van der Waals surface area contributed by atoms with E-state index in [-0.39, 0.29) is 0 Å². The Hall–Kier alpha value is -11.7. The summed E-state index contributed by atoms with van der Waals surface area (Å²) in [6, 6.07) is 101. The van der Waals surface area contributed by atoms with Crippen LogP contribution >= 0.6 is 0 Å². The van der Waals surface area contributed by atoms with Gasteiger partial charge in [-0.25, -0.2) is 15.0 Å². The first kappa shape index (κ1) is 47.2. The number of benzene rings is 12. The number of fused-ring (bicyclic) bond motifs is 12. The largest absolute Gasteiger partial charge is 0.309 e. The molecule has 17 aromatic rings. The molecular formula is C76H46N8. The van der Waals surface area contributed by atoms with Crippen LogP contribution in [0.2, 0.25) is 0 Å². The van der Waals surface area contributed by atoms with Crippen molar-refractivity contribution in [2.24, 2.45) is 0 Å². The van der Waals surface area contributed by atoms with E-state index in [9.17, 15) is 5.26 Å². The van der Waals surface area contributed by atoms with E-state index < -0.39 is 0 Å². The molecule has 0 unspecified atom stereocenters. The van der Waals surface area contributed by atoms with Gasteiger partial charge >= 0.3 is 0 Å². The predicted molar refractivity (Wildman–Crippen MR) is 344 cm³/mol. The van der Waals surface area contributed by atoms with Crippen molar-refractivity contribution in [2.45, 2.75) is 0 Å². The molecule has 0 saturated carbocycles. The molecule has 0 amide bonds. The maximum Gasteiger partial charge on any atom is 0.164 e. The highest BCUT2D eigenvalue weighted by Crippen LogP contribution is 2.47. The first-order valence-electron chi connectivity index (χ1n) is 28.2. The molecule has 0 N–H and O–H groups in total. The Kier molecular flexibility index (Phi) is 10.5. The van der Waals surface area contributed by atoms with Gasteiger partial charge in [-0.2, -0.15) is 5.26 Å². The third-order valence-corrected chi connectivity index (χ3v) is 16.9. The smallest absolute Gasteiger partial charge is 0.164 e. The van der Waals surface area contributed by atoms with Crippen LogP contribution in [0.3, 0.4) is 0 Å². The lowest BCUT2D eigenvalue weighted by Crippen LogP contribution is -2.07. The van der Waals surface area contributed by atoms with Crippen molar-refractivity contribution in [3.63, 3.8) is 0 Å². The normalized spacial score (nSPS) is 11.8. The molecule has 5 aromatic heterocycles. The molecule has 5 heterocycles. The monoisotopic (exact) mass is 1070 g/mol. The Morgan fingerprint density at radius 3 is 1.01 bits per heavy atom. The van der Waals surface area contributed by atoms with E-state index >= 15 is 0 Å². The maximum atomic E-state index is 11.7. The molecule has 0 bridgehead atoms. The lowest BCUT2D eigenvalue weighted by atomic mass is 9.91. The van der Waals surface area contributed by atoms with Crippen LogP contribution in [-0.2, 0) is 0 Å². The molecule has 0 atom stereocenters. The quantitative estimate of drug-likeness (QED) is 0.152. The summed E-state index contributed by atoms with van der Waals surface area (Å²) >= 11 is 0. The van der Waals surface area contributed by atoms with Crippen molar-refractivity contribution in [1.29, 1.82) is 5.26 Å². The van der Waals surface area contributed by atoms with E-state index in [0.717, 1.165) is 116 Å². The number of aromatic nitrogens is 7. The van der Waals surface area contributed by atoms with Crippen molar-refractivity contribution < 1.29 is 0 Å². The van der Waals surface area contributed by atoms with Gasteiger partial charge in [0.15, 0.2) is 17.5 Å². The second kappa shape index (κ2) is 18.7. The van der Waals surface area contributed by atoms with Crippen molar-refractivity contribution >= 4 is 87.2 Å². The molecule has 0 radical (unpaired) electrons. The number of nitriles is 1. The van der Waals surface area contributed by atoms with Crippen LogP contribution in [0.15, 0.2) is 279 Å². The van der Waals surface area contributed by atoms with Crippen LogP contribution in [0.25, 0.3) is 155 Å². The summed E-state index contributed by atoms with van der Waals surface area (Å²) in [6.07, 6.45) is 0. The Morgan fingerprint density at radius 1 is 0.262 bits per heavy atom. The topological polar surface area (TPSA) is 82.2 Å². The summed E-state index contributed by atoms with van der Waals surface area (Å²) in [5.74, 6) is 1.56. The fraction of sp³-hybridized carbons (Fsp3) is 0. The van der Waals surface area contributed by atoms with Crippen molar-refractivity contribution in [3.8, 4) is 74.1 Å². The Labute approximate surface area is 481 Å². The second-order valence-corrected chi connectivity index (χ2v) is 21.4. The van der Waals surface area contributed by atoms with Crippen molar-refractivity contribution in [2.75, 3.05) is 0 Å². The third kappa shape index (κ3) is 7.09. The third-order valence-electron chi connectivity index (χ3n) is 16.9. The Morgan fingerprint density at radius 2 is 0.595 bits per heavy atom. The first-order valence-corrected chi connectivity index (χ1v) is 28.2. The van der Waals surface area contributed by atoms with E-state index in [1.54, 1.807) is 0 Å². The second-order valence-electron chi connectivity index (χ2n) is 21.4. The highest BCUT2D eigenvalue weighted by atomic mass is 15.1. The Bertz CT molecular complexity index is 5420. The van der Waals surface area contributed by atoms with Crippen LogP contribution in [-0.4, -0.2) is 33.2 Å². The van der Waals surface area contributed by atoms with E-state index in [0.29, 0.717) is 23.0 Å². The van der Waals surface area contributed by atoms with Crippen LogP contribution in [0.1, 0.15) is 5.56 Å². The average Bonchev–Trinajstić information content (AvgIpc) is 1.83. The predicted octanol–water partition coefficient (Wildman–Crippen LogP) is 18.8. The SMILES string of the molecule is N#Cc1cccc(-n2c3ccccc3c3cc(-n4c5ccccc5c5ccccc54)ccc32)c1-c1c(-c2nc(-c3ccccc3)nc(-c3ccccc3)n2)cccc1-n1c2ccccc2c2cc(-n3c4ccccc4c4ccccc43)ccc21.